The highest BCUT2D eigenvalue weighted by Gasteiger charge is 2.57. The Morgan fingerprint density at radius 1 is 1.03 bits per heavy atom. The lowest BCUT2D eigenvalue weighted by Gasteiger charge is -2.32. The Kier molecular flexibility index (Phi) is 3.84. The van der Waals surface area contributed by atoms with E-state index < -0.39 is 5.41 Å². The quantitative estimate of drug-likeness (QED) is 0.749. The Hall–Kier alpha value is -3.41. The first-order valence-electron chi connectivity index (χ1n) is 9.87. The Labute approximate surface area is 169 Å². The van der Waals surface area contributed by atoms with Crippen molar-refractivity contribution in [2.24, 2.45) is 5.92 Å². The van der Waals surface area contributed by atoms with E-state index in [9.17, 15) is 9.59 Å². The van der Waals surface area contributed by atoms with Gasteiger partial charge in [0, 0.05) is 24.2 Å². The minimum absolute atomic E-state index is 0.0453. The molecule has 6 nitrogen and oxygen atoms in total. The zero-order valence-corrected chi connectivity index (χ0v) is 16.4. The van der Waals surface area contributed by atoms with E-state index in [0.29, 0.717) is 18.3 Å². The van der Waals surface area contributed by atoms with Crippen LogP contribution in [0.4, 0.5) is 11.5 Å². The fourth-order valence-corrected chi connectivity index (χ4v) is 4.56. The van der Waals surface area contributed by atoms with Crippen LogP contribution in [0.25, 0.3) is 5.69 Å². The lowest BCUT2D eigenvalue weighted by atomic mass is 9.72. The van der Waals surface area contributed by atoms with E-state index in [4.69, 9.17) is 0 Å². The first-order valence-corrected chi connectivity index (χ1v) is 9.87. The van der Waals surface area contributed by atoms with E-state index in [1.807, 2.05) is 59.5 Å². The highest BCUT2D eigenvalue weighted by Crippen LogP contribution is 2.52. The maximum Gasteiger partial charge on any atom is 0.242 e. The molecule has 3 aromatic rings. The molecule has 0 radical (unpaired) electrons. The van der Waals surface area contributed by atoms with Crippen molar-refractivity contribution in [1.82, 2.24) is 9.78 Å². The van der Waals surface area contributed by atoms with Crippen molar-refractivity contribution in [1.29, 1.82) is 0 Å². The number of nitrogens with zero attached hydrogens (tertiary/aromatic N) is 3. The number of para-hydroxylation sites is 2. The molecule has 0 saturated carbocycles. The SMILES string of the molecule is CC(C)CN1C(=O)[C@@]2(CC(=O)Nc3c2cnn3-c2ccccc2)c2ccccc21. The van der Waals surface area contributed by atoms with Gasteiger partial charge in [-0.1, -0.05) is 50.2 Å². The third kappa shape index (κ3) is 2.45. The number of nitrogens with one attached hydrogen (secondary N) is 1. The molecule has 3 heterocycles. The third-order valence-corrected chi connectivity index (χ3v) is 5.73. The largest absolute Gasteiger partial charge is 0.311 e. The van der Waals surface area contributed by atoms with Gasteiger partial charge in [0.2, 0.25) is 11.8 Å². The fourth-order valence-electron chi connectivity index (χ4n) is 4.56. The molecular weight excluding hydrogens is 364 g/mol. The van der Waals surface area contributed by atoms with Gasteiger partial charge in [-0.15, -0.1) is 0 Å². The van der Waals surface area contributed by atoms with Crippen molar-refractivity contribution in [2.45, 2.75) is 25.7 Å². The average molecular weight is 386 g/mol. The summed E-state index contributed by atoms with van der Waals surface area (Å²) in [6.07, 6.45) is 1.82. The standard InChI is InChI=1S/C23H22N4O2/c1-15(2)14-26-19-11-7-6-10-17(19)23(22(26)29)12-20(28)25-21-18(23)13-24-27(21)16-8-4-3-5-9-16/h3-11,13,15H,12,14H2,1-2H3,(H,25,28)/t23-/m0/s1. The zero-order chi connectivity index (χ0) is 20.2. The van der Waals surface area contributed by atoms with Crippen LogP contribution in [0.3, 0.4) is 0 Å². The maximum atomic E-state index is 13.8. The number of benzene rings is 2. The van der Waals surface area contributed by atoms with Crippen LogP contribution in [0.15, 0.2) is 60.8 Å². The van der Waals surface area contributed by atoms with E-state index in [-0.39, 0.29) is 18.2 Å². The first kappa shape index (κ1) is 17.7. The molecule has 0 aliphatic carbocycles. The molecule has 1 spiro atoms. The van der Waals surface area contributed by atoms with Gasteiger partial charge in [0.25, 0.3) is 0 Å². The smallest absolute Gasteiger partial charge is 0.242 e. The minimum Gasteiger partial charge on any atom is -0.311 e. The summed E-state index contributed by atoms with van der Waals surface area (Å²) in [4.78, 5) is 28.5. The molecule has 1 aromatic heterocycles. The van der Waals surface area contributed by atoms with Gasteiger partial charge in [0.05, 0.1) is 11.9 Å². The lowest BCUT2D eigenvalue weighted by Crippen LogP contribution is -2.47. The monoisotopic (exact) mass is 386 g/mol. The van der Waals surface area contributed by atoms with Gasteiger partial charge < -0.3 is 10.2 Å². The highest BCUT2D eigenvalue weighted by molar-refractivity contribution is 6.15. The second kappa shape index (κ2) is 6.30. The summed E-state index contributed by atoms with van der Waals surface area (Å²) >= 11 is 0. The average Bonchev–Trinajstić information content (AvgIpc) is 3.23. The van der Waals surface area contributed by atoms with Crippen LogP contribution < -0.4 is 10.2 Å². The Bertz CT molecular complexity index is 1120. The van der Waals surface area contributed by atoms with Gasteiger partial charge in [-0.25, -0.2) is 4.68 Å². The van der Waals surface area contributed by atoms with Crippen LogP contribution in [0.2, 0.25) is 0 Å². The number of rotatable bonds is 3. The molecule has 29 heavy (non-hydrogen) atoms. The van der Waals surface area contributed by atoms with Gasteiger partial charge >= 0.3 is 0 Å². The topological polar surface area (TPSA) is 67.2 Å². The fraction of sp³-hybridized carbons (Fsp3) is 0.261. The molecule has 1 atom stereocenters. The van der Waals surface area contributed by atoms with Crippen molar-refractivity contribution < 1.29 is 9.59 Å². The van der Waals surface area contributed by atoms with E-state index in [1.165, 1.54) is 0 Å². The van der Waals surface area contributed by atoms with Crippen LogP contribution in [0.1, 0.15) is 31.4 Å². The number of carbonyl (C=O) groups excluding carboxylic acids is 2. The Morgan fingerprint density at radius 2 is 1.76 bits per heavy atom. The molecule has 0 unspecified atom stereocenters. The summed E-state index contributed by atoms with van der Waals surface area (Å²) in [5, 5.41) is 7.50. The molecule has 6 heteroatoms. The van der Waals surface area contributed by atoms with Crippen molar-refractivity contribution >= 4 is 23.3 Å². The first-order chi connectivity index (χ1) is 14.0. The van der Waals surface area contributed by atoms with E-state index in [0.717, 1.165) is 22.5 Å². The summed E-state index contributed by atoms with van der Waals surface area (Å²) in [5.74, 6) is 0.661. The van der Waals surface area contributed by atoms with Gasteiger partial charge in [-0.2, -0.15) is 5.10 Å². The van der Waals surface area contributed by atoms with Crippen LogP contribution in [0.5, 0.6) is 0 Å². The second-order valence-electron chi connectivity index (χ2n) is 8.11. The number of hydrogen-bond donors (Lipinski definition) is 1. The molecule has 2 aliphatic rings. The summed E-state index contributed by atoms with van der Waals surface area (Å²) in [7, 11) is 0. The molecule has 5 rings (SSSR count). The summed E-state index contributed by atoms with van der Waals surface area (Å²) in [5.41, 5.74) is 2.33. The predicted molar refractivity (Wildman–Crippen MR) is 111 cm³/mol. The maximum absolute atomic E-state index is 13.8. The van der Waals surface area contributed by atoms with Gasteiger partial charge in [0.15, 0.2) is 0 Å². The number of aromatic nitrogens is 2. The van der Waals surface area contributed by atoms with Crippen LogP contribution in [-0.4, -0.2) is 28.1 Å². The van der Waals surface area contributed by atoms with Crippen LogP contribution in [-0.2, 0) is 15.0 Å². The van der Waals surface area contributed by atoms with Gasteiger partial charge in [-0.05, 0) is 29.7 Å². The summed E-state index contributed by atoms with van der Waals surface area (Å²) < 4.78 is 1.70. The molecule has 0 bridgehead atoms. The Morgan fingerprint density at radius 3 is 2.52 bits per heavy atom. The highest BCUT2D eigenvalue weighted by atomic mass is 16.2. The van der Waals surface area contributed by atoms with Crippen molar-refractivity contribution in [3.8, 4) is 5.69 Å². The molecule has 2 aromatic carbocycles. The lowest BCUT2D eigenvalue weighted by molar-refractivity contribution is -0.126. The molecule has 2 aliphatic heterocycles. The number of anilines is 2. The number of fused-ring (bicyclic) bond motifs is 4. The predicted octanol–water partition coefficient (Wildman–Crippen LogP) is 3.50. The van der Waals surface area contributed by atoms with E-state index in [2.05, 4.69) is 24.3 Å². The molecular formula is C23H22N4O2. The molecule has 146 valence electrons. The van der Waals surface area contributed by atoms with Gasteiger partial charge in [-0.3, -0.25) is 9.59 Å². The second-order valence-corrected chi connectivity index (χ2v) is 8.11. The zero-order valence-electron chi connectivity index (χ0n) is 16.4. The number of hydrogen-bond acceptors (Lipinski definition) is 3. The molecule has 0 saturated heterocycles. The third-order valence-electron chi connectivity index (χ3n) is 5.73. The molecule has 1 N–H and O–H groups in total. The van der Waals surface area contributed by atoms with E-state index >= 15 is 0 Å². The number of amides is 2. The molecule has 0 fully saturated rings. The summed E-state index contributed by atoms with van der Waals surface area (Å²) in [6.45, 7) is 4.79. The number of carbonyl (C=O) groups is 2. The van der Waals surface area contributed by atoms with E-state index in [1.54, 1.807) is 10.9 Å². The minimum atomic E-state index is -1.03. The van der Waals surface area contributed by atoms with Gasteiger partial charge in [0.1, 0.15) is 11.2 Å². The van der Waals surface area contributed by atoms with Crippen LogP contribution in [0, 0.1) is 5.92 Å². The Balaban J connectivity index is 1.74. The van der Waals surface area contributed by atoms with Crippen molar-refractivity contribution in [3.05, 3.63) is 71.9 Å². The van der Waals surface area contributed by atoms with Crippen molar-refractivity contribution in [3.63, 3.8) is 0 Å². The molecule has 2 amide bonds. The normalized spacial score (nSPS) is 20.2. The summed E-state index contributed by atoms with van der Waals surface area (Å²) in [6, 6.07) is 17.4. The van der Waals surface area contributed by atoms with Crippen molar-refractivity contribution in [2.75, 3.05) is 16.8 Å². The van der Waals surface area contributed by atoms with Crippen LogP contribution >= 0.6 is 0 Å².